The molecule has 1 atom stereocenters. The summed E-state index contributed by atoms with van der Waals surface area (Å²) in [6, 6.07) is 1.87. The second-order valence-electron chi connectivity index (χ2n) is 5.17. The first-order valence-corrected chi connectivity index (χ1v) is 8.95. The van der Waals surface area contributed by atoms with Crippen LogP contribution < -0.4 is 10.2 Å². The summed E-state index contributed by atoms with van der Waals surface area (Å²) >= 11 is 0. The van der Waals surface area contributed by atoms with Gasteiger partial charge in [0.1, 0.15) is 17.5 Å². The number of anilines is 2. The molecule has 0 aromatic carbocycles. The third-order valence-electron chi connectivity index (χ3n) is 3.54. The average molecular weight is 310 g/mol. The van der Waals surface area contributed by atoms with E-state index in [1.54, 1.807) is 6.08 Å². The molecule has 0 amide bonds. The SMILES string of the molecule is C=CCNc1cc(N(CC)C2CCS(=O)(=O)C2)nc(C)n1. The van der Waals surface area contributed by atoms with Gasteiger partial charge < -0.3 is 10.2 Å². The normalized spacial score (nSPS) is 20.2. The molecule has 0 saturated carbocycles. The van der Waals surface area contributed by atoms with E-state index in [0.717, 1.165) is 18.2 Å². The molecule has 6 nitrogen and oxygen atoms in total. The molecule has 1 aromatic rings. The molecule has 0 spiro atoms. The molecule has 1 aliphatic heterocycles. The number of nitrogens with zero attached hydrogens (tertiary/aromatic N) is 3. The Kier molecular flexibility index (Phi) is 4.82. The van der Waals surface area contributed by atoms with Crippen LogP contribution >= 0.6 is 0 Å². The number of sulfone groups is 1. The molecule has 1 saturated heterocycles. The molecule has 1 aliphatic rings. The van der Waals surface area contributed by atoms with Gasteiger partial charge in [-0.25, -0.2) is 18.4 Å². The predicted molar refractivity (Wildman–Crippen MR) is 85.5 cm³/mol. The van der Waals surface area contributed by atoms with E-state index in [0.29, 0.717) is 18.8 Å². The first-order valence-electron chi connectivity index (χ1n) is 7.12. The van der Waals surface area contributed by atoms with Crippen LogP contribution in [-0.2, 0) is 9.84 Å². The lowest BCUT2D eigenvalue weighted by Crippen LogP contribution is -2.37. The van der Waals surface area contributed by atoms with Crippen molar-refractivity contribution in [3.63, 3.8) is 0 Å². The highest BCUT2D eigenvalue weighted by Crippen LogP contribution is 2.24. The summed E-state index contributed by atoms with van der Waals surface area (Å²) in [6.45, 7) is 8.86. The number of aromatic nitrogens is 2. The molecule has 2 heterocycles. The van der Waals surface area contributed by atoms with Gasteiger partial charge in [-0.2, -0.15) is 0 Å². The van der Waals surface area contributed by atoms with E-state index < -0.39 is 9.84 Å². The van der Waals surface area contributed by atoms with Crippen LogP contribution in [-0.4, -0.2) is 49.0 Å². The average Bonchev–Trinajstić information content (AvgIpc) is 2.77. The van der Waals surface area contributed by atoms with E-state index >= 15 is 0 Å². The topological polar surface area (TPSA) is 75.2 Å². The molecule has 7 heteroatoms. The monoisotopic (exact) mass is 310 g/mol. The third-order valence-corrected chi connectivity index (χ3v) is 5.29. The van der Waals surface area contributed by atoms with Crippen LogP contribution in [0.2, 0.25) is 0 Å². The van der Waals surface area contributed by atoms with Gasteiger partial charge in [-0.3, -0.25) is 0 Å². The molecule has 2 rings (SSSR count). The van der Waals surface area contributed by atoms with Crippen molar-refractivity contribution in [3.05, 3.63) is 24.5 Å². The number of nitrogens with one attached hydrogen (secondary N) is 1. The lowest BCUT2D eigenvalue weighted by molar-refractivity contribution is 0.599. The van der Waals surface area contributed by atoms with Crippen molar-refractivity contribution in [1.29, 1.82) is 0 Å². The molecule has 21 heavy (non-hydrogen) atoms. The molecular weight excluding hydrogens is 288 g/mol. The lowest BCUT2D eigenvalue weighted by Gasteiger charge is -2.28. The van der Waals surface area contributed by atoms with E-state index in [1.807, 2.05) is 19.9 Å². The van der Waals surface area contributed by atoms with Gasteiger partial charge in [0.25, 0.3) is 0 Å². The standard InChI is InChI=1S/C14H22N4O2S/c1-4-7-15-13-9-14(17-11(3)16-13)18(5-2)12-6-8-21(19,20)10-12/h4,9,12H,1,5-8,10H2,2-3H3,(H,15,16,17). The largest absolute Gasteiger partial charge is 0.366 e. The van der Waals surface area contributed by atoms with Gasteiger partial charge in [-0.05, 0) is 20.3 Å². The minimum atomic E-state index is -2.91. The Labute approximate surface area is 126 Å². The maximum atomic E-state index is 11.7. The highest BCUT2D eigenvalue weighted by atomic mass is 32.2. The summed E-state index contributed by atoms with van der Waals surface area (Å²) in [5.74, 6) is 2.65. The van der Waals surface area contributed by atoms with Crippen molar-refractivity contribution >= 4 is 21.5 Å². The maximum Gasteiger partial charge on any atom is 0.152 e. The maximum absolute atomic E-state index is 11.7. The minimum Gasteiger partial charge on any atom is -0.366 e. The van der Waals surface area contributed by atoms with Gasteiger partial charge in [0.2, 0.25) is 0 Å². The Balaban J connectivity index is 2.25. The molecular formula is C14H22N4O2S. The Morgan fingerprint density at radius 1 is 1.52 bits per heavy atom. The highest BCUT2D eigenvalue weighted by Gasteiger charge is 2.32. The van der Waals surface area contributed by atoms with Crippen LogP contribution in [0, 0.1) is 6.92 Å². The van der Waals surface area contributed by atoms with Crippen LogP contribution in [0.1, 0.15) is 19.2 Å². The molecule has 116 valence electrons. The minimum absolute atomic E-state index is 0.00144. The van der Waals surface area contributed by atoms with E-state index in [1.165, 1.54) is 0 Å². The second-order valence-corrected chi connectivity index (χ2v) is 7.40. The van der Waals surface area contributed by atoms with E-state index in [4.69, 9.17) is 0 Å². The van der Waals surface area contributed by atoms with E-state index in [-0.39, 0.29) is 17.5 Å². The smallest absolute Gasteiger partial charge is 0.152 e. The summed E-state index contributed by atoms with van der Waals surface area (Å²) in [5.41, 5.74) is 0. The molecule has 1 N–H and O–H groups in total. The number of aryl methyl sites for hydroxylation is 1. The summed E-state index contributed by atoms with van der Waals surface area (Å²) in [7, 11) is -2.91. The molecule has 1 aromatic heterocycles. The zero-order chi connectivity index (χ0) is 15.5. The molecule has 1 unspecified atom stereocenters. The van der Waals surface area contributed by atoms with Crippen molar-refractivity contribution in [3.8, 4) is 0 Å². The summed E-state index contributed by atoms with van der Waals surface area (Å²) in [5, 5.41) is 3.15. The van der Waals surface area contributed by atoms with E-state index in [9.17, 15) is 8.42 Å². The van der Waals surface area contributed by atoms with Crippen molar-refractivity contribution in [2.24, 2.45) is 0 Å². The Morgan fingerprint density at radius 3 is 2.86 bits per heavy atom. The molecule has 0 radical (unpaired) electrons. The zero-order valence-electron chi connectivity index (χ0n) is 12.5. The Morgan fingerprint density at radius 2 is 2.29 bits per heavy atom. The van der Waals surface area contributed by atoms with Crippen LogP contribution in [0.3, 0.4) is 0 Å². The fourth-order valence-corrected chi connectivity index (χ4v) is 4.33. The predicted octanol–water partition coefficient (Wildman–Crippen LogP) is 1.40. The quantitative estimate of drug-likeness (QED) is 0.801. The van der Waals surface area contributed by atoms with Crippen LogP contribution in [0.4, 0.5) is 11.6 Å². The number of hydrogen-bond acceptors (Lipinski definition) is 6. The van der Waals surface area contributed by atoms with Crippen molar-refractivity contribution in [2.75, 3.05) is 34.8 Å². The fraction of sp³-hybridized carbons (Fsp3) is 0.571. The lowest BCUT2D eigenvalue weighted by atomic mass is 10.2. The van der Waals surface area contributed by atoms with Crippen LogP contribution in [0.15, 0.2) is 18.7 Å². The van der Waals surface area contributed by atoms with Gasteiger partial charge >= 0.3 is 0 Å². The van der Waals surface area contributed by atoms with Gasteiger partial charge in [-0.15, -0.1) is 6.58 Å². The number of rotatable bonds is 6. The van der Waals surface area contributed by atoms with Crippen molar-refractivity contribution in [1.82, 2.24) is 9.97 Å². The highest BCUT2D eigenvalue weighted by molar-refractivity contribution is 7.91. The second kappa shape index (κ2) is 6.43. The van der Waals surface area contributed by atoms with Gasteiger partial charge in [0.15, 0.2) is 9.84 Å². The summed E-state index contributed by atoms with van der Waals surface area (Å²) in [6.07, 6.45) is 2.42. The summed E-state index contributed by atoms with van der Waals surface area (Å²) < 4.78 is 23.4. The van der Waals surface area contributed by atoms with Crippen molar-refractivity contribution in [2.45, 2.75) is 26.3 Å². The Bertz CT molecular complexity index is 615. The summed E-state index contributed by atoms with van der Waals surface area (Å²) in [4.78, 5) is 10.8. The van der Waals surface area contributed by atoms with E-state index in [2.05, 4.69) is 26.8 Å². The van der Waals surface area contributed by atoms with Gasteiger partial charge in [0.05, 0.1) is 11.5 Å². The molecule has 0 aliphatic carbocycles. The Hall–Kier alpha value is -1.63. The molecule has 1 fully saturated rings. The van der Waals surface area contributed by atoms with Crippen LogP contribution in [0.25, 0.3) is 0 Å². The van der Waals surface area contributed by atoms with Crippen molar-refractivity contribution < 1.29 is 8.42 Å². The third kappa shape index (κ3) is 3.93. The fourth-order valence-electron chi connectivity index (χ4n) is 2.59. The van der Waals surface area contributed by atoms with Crippen LogP contribution in [0.5, 0.6) is 0 Å². The molecule has 0 bridgehead atoms. The van der Waals surface area contributed by atoms with Gasteiger partial charge in [-0.1, -0.05) is 6.08 Å². The number of hydrogen-bond donors (Lipinski definition) is 1. The van der Waals surface area contributed by atoms with Gasteiger partial charge in [0, 0.05) is 25.2 Å². The zero-order valence-corrected chi connectivity index (χ0v) is 13.4. The first kappa shape index (κ1) is 15.8. The first-order chi connectivity index (χ1) is 9.95.